The van der Waals surface area contributed by atoms with Crippen molar-refractivity contribution < 1.29 is 34.1 Å². The summed E-state index contributed by atoms with van der Waals surface area (Å²) in [7, 11) is 1.21. The summed E-state index contributed by atoms with van der Waals surface area (Å²) in [6, 6.07) is 14.6. The van der Waals surface area contributed by atoms with Crippen molar-refractivity contribution in [1.29, 1.82) is 0 Å². The smallest absolute Gasteiger partial charge is 0.328 e. The lowest BCUT2D eigenvalue weighted by Gasteiger charge is -2.24. The van der Waals surface area contributed by atoms with E-state index in [1.54, 1.807) is 48.5 Å². The van der Waals surface area contributed by atoms with Gasteiger partial charge in [-0.15, -0.1) is 0 Å². The van der Waals surface area contributed by atoms with Crippen LogP contribution in [-0.4, -0.2) is 53.2 Å². The van der Waals surface area contributed by atoms with Gasteiger partial charge < -0.3 is 36.1 Å². The molecule has 3 aromatic carbocycles. The molecule has 0 aliphatic carbocycles. The number of ether oxygens (including phenoxy) is 2. The highest BCUT2D eigenvalue weighted by Gasteiger charge is 2.29. The number of carbonyl (C=O) groups excluding carboxylic acids is 3. The summed E-state index contributed by atoms with van der Waals surface area (Å²) in [5.41, 5.74) is 8.20. The number of benzene rings is 3. The molecule has 6 N–H and O–H groups in total. The van der Waals surface area contributed by atoms with Gasteiger partial charge in [-0.25, -0.2) is 4.79 Å². The van der Waals surface area contributed by atoms with Crippen LogP contribution < -0.4 is 21.1 Å². The quantitative estimate of drug-likeness (QED) is 0.327. The number of hydrogen-bond acceptors (Lipinski definition) is 8. The van der Waals surface area contributed by atoms with E-state index in [0.29, 0.717) is 16.9 Å². The fourth-order valence-electron chi connectivity index (χ4n) is 4.13. The number of rotatable bonds is 3. The van der Waals surface area contributed by atoms with E-state index in [9.17, 15) is 24.6 Å². The van der Waals surface area contributed by atoms with Crippen LogP contribution in [0, 0.1) is 0 Å². The van der Waals surface area contributed by atoms with Crippen LogP contribution in [0.4, 0.5) is 0 Å². The molecular weight excluding hydrogens is 490 g/mol. The first kappa shape index (κ1) is 26.5. The van der Waals surface area contributed by atoms with Gasteiger partial charge in [-0.1, -0.05) is 30.3 Å². The third-order valence-corrected chi connectivity index (χ3v) is 6.22. The van der Waals surface area contributed by atoms with E-state index in [-0.39, 0.29) is 36.5 Å². The molecule has 10 heteroatoms. The molecule has 198 valence electrons. The van der Waals surface area contributed by atoms with Gasteiger partial charge in [0.05, 0.1) is 13.2 Å². The molecule has 0 fully saturated rings. The van der Waals surface area contributed by atoms with Crippen LogP contribution in [0.1, 0.15) is 16.7 Å². The van der Waals surface area contributed by atoms with Crippen molar-refractivity contribution in [3.63, 3.8) is 0 Å². The molecule has 2 heterocycles. The summed E-state index contributed by atoms with van der Waals surface area (Å²) in [5.74, 6) is -1.25. The average molecular weight is 520 g/mol. The van der Waals surface area contributed by atoms with Gasteiger partial charge in [0.1, 0.15) is 23.6 Å². The van der Waals surface area contributed by atoms with Gasteiger partial charge in [-0.3, -0.25) is 9.59 Å². The molecule has 3 aromatic rings. The van der Waals surface area contributed by atoms with Gasteiger partial charge in [0.15, 0.2) is 11.5 Å². The highest BCUT2D eigenvalue weighted by Crippen LogP contribution is 2.32. The van der Waals surface area contributed by atoms with E-state index in [4.69, 9.17) is 15.2 Å². The Morgan fingerprint density at radius 1 is 0.947 bits per heavy atom. The van der Waals surface area contributed by atoms with Crippen molar-refractivity contribution >= 4 is 17.8 Å². The number of aromatic hydroxyl groups is 2. The van der Waals surface area contributed by atoms with Crippen LogP contribution in [0.5, 0.6) is 23.0 Å². The van der Waals surface area contributed by atoms with Crippen LogP contribution in [-0.2, 0) is 38.4 Å². The molecule has 2 amide bonds. The number of esters is 1. The van der Waals surface area contributed by atoms with E-state index >= 15 is 0 Å². The normalized spacial score (nSPS) is 20.0. The van der Waals surface area contributed by atoms with Crippen molar-refractivity contribution in [3.05, 3.63) is 83.4 Å². The number of nitrogens with one attached hydrogen (secondary N) is 2. The van der Waals surface area contributed by atoms with E-state index in [1.807, 2.05) is 0 Å². The first-order chi connectivity index (χ1) is 18.2. The second-order valence-electron chi connectivity index (χ2n) is 9.08. The topological polar surface area (TPSA) is 160 Å². The standard InChI is InChI=1S/C28H29N3O7/c1-37-28(36)23-14-18-6-11-24(33)25(15-18)38-20-9-4-16(5-10-20)12-21(29)26(34)30-22(27(35)31-23)13-17-2-7-19(32)8-3-17/h2-11,15,21-23,32-33H,12-14,29H2,1H3,(H,30,34)(H,31,35)/t21-,22-,23+/m0/s1. The minimum absolute atomic E-state index is 0.0351. The Bertz CT molecular complexity index is 1310. The number of phenolic OH excluding ortho intramolecular Hbond substituents is 2. The van der Waals surface area contributed by atoms with Crippen molar-refractivity contribution in [1.82, 2.24) is 10.6 Å². The predicted octanol–water partition coefficient (Wildman–Crippen LogP) is 1.70. The molecule has 3 atom stereocenters. The van der Waals surface area contributed by atoms with Crippen LogP contribution >= 0.6 is 0 Å². The Balaban J connectivity index is 1.71. The fraction of sp³-hybridized carbons (Fsp3) is 0.250. The summed E-state index contributed by atoms with van der Waals surface area (Å²) >= 11 is 0. The highest BCUT2D eigenvalue weighted by molar-refractivity contribution is 5.92. The zero-order valence-electron chi connectivity index (χ0n) is 20.7. The lowest BCUT2D eigenvalue weighted by molar-refractivity contribution is -0.145. The largest absolute Gasteiger partial charge is 0.508 e. The maximum atomic E-state index is 13.4. The number of carbonyl (C=O) groups is 3. The molecule has 2 aliphatic heterocycles. The molecule has 10 nitrogen and oxygen atoms in total. The minimum Gasteiger partial charge on any atom is -0.508 e. The van der Waals surface area contributed by atoms with Gasteiger partial charge in [0.2, 0.25) is 11.8 Å². The molecule has 0 spiro atoms. The fourth-order valence-corrected chi connectivity index (χ4v) is 4.13. The van der Waals surface area contributed by atoms with Crippen LogP contribution in [0.3, 0.4) is 0 Å². The third-order valence-electron chi connectivity index (χ3n) is 6.22. The Morgan fingerprint density at radius 3 is 2.32 bits per heavy atom. The van der Waals surface area contributed by atoms with Crippen molar-refractivity contribution in [2.45, 2.75) is 37.4 Å². The lowest BCUT2D eigenvalue weighted by Crippen LogP contribution is -2.56. The first-order valence-electron chi connectivity index (χ1n) is 12.0. The molecule has 0 saturated carbocycles. The van der Waals surface area contributed by atoms with Crippen molar-refractivity contribution in [3.8, 4) is 23.0 Å². The van der Waals surface area contributed by atoms with E-state index in [0.717, 1.165) is 5.56 Å². The number of methoxy groups -OCH3 is 1. The van der Waals surface area contributed by atoms with Crippen LogP contribution in [0.25, 0.3) is 0 Å². The summed E-state index contributed by atoms with van der Waals surface area (Å²) in [6.45, 7) is 0. The molecule has 4 bridgehead atoms. The Hall–Kier alpha value is -4.57. The van der Waals surface area contributed by atoms with Gasteiger partial charge >= 0.3 is 5.97 Å². The zero-order valence-corrected chi connectivity index (χ0v) is 20.7. The summed E-state index contributed by atoms with van der Waals surface area (Å²) in [5, 5.41) is 25.3. The number of fused-ring (bicyclic) bond motifs is 10. The van der Waals surface area contributed by atoms with Crippen molar-refractivity contribution in [2.75, 3.05) is 7.11 Å². The second-order valence-corrected chi connectivity index (χ2v) is 9.08. The summed E-state index contributed by atoms with van der Waals surface area (Å²) in [6.07, 6.45) is 0.322. The third kappa shape index (κ3) is 6.60. The second kappa shape index (κ2) is 11.7. The number of amides is 2. The molecule has 0 saturated heterocycles. The number of phenols is 2. The molecule has 2 aliphatic rings. The van der Waals surface area contributed by atoms with Crippen LogP contribution in [0.2, 0.25) is 0 Å². The maximum Gasteiger partial charge on any atom is 0.328 e. The molecule has 38 heavy (non-hydrogen) atoms. The zero-order chi connectivity index (χ0) is 27.2. The minimum atomic E-state index is -1.09. The molecular formula is C28H29N3O7. The van der Waals surface area contributed by atoms with Gasteiger partial charge in [-0.05, 0) is 59.5 Å². The first-order valence-corrected chi connectivity index (χ1v) is 12.0. The average Bonchev–Trinajstić information content (AvgIpc) is 2.91. The predicted molar refractivity (Wildman–Crippen MR) is 138 cm³/mol. The number of nitrogens with two attached hydrogens (primary N) is 1. The van der Waals surface area contributed by atoms with Gasteiger partial charge in [0.25, 0.3) is 0 Å². The molecule has 5 rings (SSSR count). The van der Waals surface area contributed by atoms with Crippen molar-refractivity contribution in [2.24, 2.45) is 5.73 Å². The SMILES string of the molecule is COC(=O)[C@H]1Cc2ccc(O)c(c2)Oc2ccc(cc2)C[C@H](N)C(=O)N[C@@H](Cc2ccc(O)cc2)C(=O)N1. The Kier molecular flexibility index (Phi) is 8.12. The van der Waals surface area contributed by atoms with E-state index in [2.05, 4.69) is 10.6 Å². The maximum absolute atomic E-state index is 13.4. The lowest BCUT2D eigenvalue weighted by atomic mass is 10.0. The molecule has 0 unspecified atom stereocenters. The molecule has 0 aromatic heterocycles. The van der Waals surface area contributed by atoms with E-state index in [1.165, 1.54) is 25.3 Å². The number of hydrogen-bond donors (Lipinski definition) is 5. The van der Waals surface area contributed by atoms with Crippen LogP contribution in [0.15, 0.2) is 66.7 Å². The summed E-state index contributed by atoms with van der Waals surface area (Å²) < 4.78 is 10.7. The Labute approximate surface area is 219 Å². The van der Waals surface area contributed by atoms with Gasteiger partial charge in [-0.2, -0.15) is 0 Å². The van der Waals surface area contributed by atoms with E-state index < -0.39 is 35.9 Å². The monoisotopic (exact) mass is 519 g/mol. The summed E-state index contributed by atoms with van der Waals surface area (Å²) in [4.78, 5) is 39.0. The highest BCUT2D eigenvalue weighted by atomic mass is 16.5. The molecule has 0 radical (unpaired) electrons. The van der Waals surface area contributed by atoms with Gasteiger partial charge in [0, 0.05) is 12.8 Å². The Morgan fingerprint density at radius 2 is 1.63 bits per heavy atom.